The van der Waals surface area contributed by atoms with Crippen LogP contribution in [0.4, 0.5) is 0 Å². The average molecular weight is 429 g/mol. The topological polar surface area (TPSA) is 35.5 Å². The van der Waals surface area contributed by atoms with Crippen molar-refractivity contribution in [2.24, 2.45) is 0 Å². The standard InChI is InChI=1S/C27H21ClO3/c1-30-23-12-5-19(6-13-23)25-16-9-21(18-3-10-22(28)11-4-18)17-26(25)27(29)20-7-14-24(31-2)15-8-20/h3-17H,1-2H3. The Hall–Kier alpha value is -3.56. The molecule has 154 valence electrons. The van der Waals surface area contributed by atoms with Gasteiger partial charge in [-0.2, -0.15) is 0 Å². The molecule has 0 atom stereocenters. The highest BCUT2D eigenvalue weighted by Gasteiger charge is 2.17. The summed E-state index contributed by atoms with van der Waals surface area (Å²) < 4.78 is 10.5. The number of carbonyl (C=O) groups is 1. The van der Waals surface area contributed by atoms with Gasteiger partial charge in [0, 0.05) is 16.1 Å². The predicted octanol–water partition coefficient (Wildman–Crippen LogP) is 6.92. The van der Waals surface area contributed by atoms with Gasteiger partial charge in [-0.15, -0.1) is 0 Å². The van der Waals surface area contributed by atoms with Gasteiger partial charge in [0.05, 0.1) is 14.2 Å². The van der Waals surface area contributed by atoms with Crippen LogP contribution in [-0.4, -0.2) is 20.0 Å². The molecule has 0 saturated heterocycles. The molecule has 0 bridgehead atoms. The van der Waals surface area contributed by atoms with E-state index < -0.39 is 0 Å². The van der Waals surface area contributed by atoms with Gasteiger partial charge in [-0.05, 0) is 76.9 Å². The Balaban J connectivity index is 1.83. The summed E-state index contributed by atoms with van der Waals surface area (Å²) >= 11 is 6.04. The molecule has 0 amide bonds. The molecule has 0 saturated carbocycles. The number of rotatable bonds is 6. The zero-order valence-corrected chi connectivity index (χ0v) is 18.0. The van der Waals surface area contributed by atoms with E-state index in [1.54, 1.807) is 38.5 Å². The van der Waals surface area contributed by atoms with Crippen molar-refractivity contribution >= 4 is 17.4 Å². The molecule has 0 N–H and O–H groups in total. The van der Waals surface area contributed by atoms with Crippen molar-refractivity contribution < 1.29 is 14.3 Å². The van der Waals surface area contributed by atoms with Crippen molar-refractivity contribution in [3.05, 3.63) is 107 Å². The molecule has 0 aromatic heterocycles. The quantitative estimate of drug-likeness (QED) is 0.312. The molecule has 4 aromatic rings. The molecule has 0 aliphatic carbocycles. The van der Waals surface area contributed by atoms with E-state index in [9.17, 15) is 4.79 Å². The summed E-state index contributed by atoms with van der Waals surface area (Å²) in [6.45, 7) is 0. The lowest BCUT2D eigenvalue weighted by Crippen LogP contribution is -2.04. The van der Waals surface area contributed by atoms with Crippen molar-refractivity contribution in [1.29, 1.82) is 0 Å². The number of hydrogen-bond acceptors (Lipinski definition) is 3. The Kier molecular flexibility index (Phi) is 6.06. The molecule has 31 heavy (non-hydrogen) atoms. The second-order valence-electron chi connectivity index (χ2n) is 7.05. The third kappa shape index (κ3) is 4.47. The number of ether oxygens (including phenoxy) is 2. The molecule has 0 aliphatic heterocycles. The largest absolute Gasteiger partial charge is 0.497 e. The van der Waals surface area contributed by atoms with Crippen LogP contribution < -0.4 is 9.47 Å². The lowest BCUT2D eigenvalue weighted by molar-refractivity contribution is 0.103. The van der Waals surface area contributed by atoms with Gasteiger partial charge >= 0.3 is 0 Å². The predicted molar refractivity (Wildman–Crippen MR) is 125 cm³/mol. The lowest BCUT2D eigenvalue weighted by Gasteiger charge is -2.13. The maximum Gasteiger partial charge on any atom is 0.193 e. The fourth-order valence-electron chi connectivity index (χ4n) is 3.47. The van der Waals surface area contributed by atoms with E-state index >= 15 is 0 Å². The molecule has 4 rings (SSSR count). The van der Waals surface area contributed by atoms with Crippen molar-refractivity contribution in [3.8, 4) is 33.8 Å². The van der Waals surface area contributed by atoms with E-state index in [1.807, 2.05) is 66.7 Å². The minimum atomic E-state index is -0.0516. The van der Waals surface area contributed by atoms with Crippen LogP contribution in [0.25, 0.3) is 22.3 Å². The highest BCUT2D eigenvalue weighted by Crippen LogP contribution is 2.32. The summed E-state index contributed by atoms with van der Waals surface area (Å²) in [5.74, 6) is 1.43. The van der Waals surface area contributed by atoms with Gasteiger partial charge in [-0.1, -0.05) is 48.0 Å². The Morgan fingerprint density at radius 3 is 1.74 bits per heavy atom. The molecule has 3 nitrogen and oxygen atoms in total. The normalized spacial score (nSPS) is 10.5. The summed E-state index contributed by atoms with van der Waals surface area (Å²) in [6.07, 6.45) is 0. The molecular formula is C27H21ClO3. The molecule has 0 unspecified atom stereocenters. The van der Waals surface area contributed by atoms with Crippen LogP contribution in [0.5, 0.6) is 11.5 Å². The van der Waals surface area contributed by atoms with E-state index in [-0.39, 0.29) is 5.78 Å². The maximum absolute atomic E-state index is 13.5. The maximum atomic E-state index is 13.5. The Morgan fingerprint density at radius 1 is 0.645 bits per heavy atom. The minimum absolute atomic E-state index is 0.0516. The second-order valence-corrected chi connectivity index (χ2v) is 7.49. The Bertz CT molecular complexity index is 1190. The van der Waals surface area contributed by atoms with Gasteiger partial charge in [-0.25, -0.2) is 0 Å². The third-order valence-electron chi connectivity index (χ3n) is 5.19. The number of methoxy groups -OCH3 is 2. The number of benzene rings is 4. The first kappa shape index (κ1) is 20.7. The number of hydrogen-bond donors (Lipinski definition) is 0. The van der Waals surface area contributed by atoms with Crippen LogP contribution in [0.1, 0.15) is 15.9 Å². The SMILES string of the molecule is COc1ccc(C(=O)c2cc(-c3ccc(Cl)cc3)ccc2-c2ccc(OC)cc2)cc1. The van der Waals surface area contributed by atoms with E-state index in [1.165, 1.54) is 0 Å². The van der Waals surface area contributed by atoms with Gasteiger partial charge in [0.25, 0.3) is 0 Å². The van der Waals surface area contributed by atoms with E-state index in [0.29, 0.717) is 21.9 Å². The van der Waals surface area contributed by atoms with Crippen LogP contribution in [0.3, 0.4) is 0 Å². The van der Waals surface area contributed by atoms with Gasteiger partial charge in [0.15, 0.2) is 5.78 Å². The molecule has 0 radical (unpaired) electrons. The summed E-state index contributed by atoms with van der Waals surface area (Å²) in [7, 11) is 3.24. The first-order valence-corrected chi connectivity index (χ1v) is 10.2. The molecule has 0 heterocycles. The zero-order chi connectivity index (χ0) is 21.8. The summed E-state index contributed by atoms with van der Waals surface area (Å²) in [6, 6.07) is 28.4. The van der Waals surface area contributed by atoms with Gasteiger partial charge in [0.1, 0.15) is 11.5 Å². The summed E-state index contributed by atoms with van der Waals surface area (Å²) in [5.41, 5.74) is 4.98. The summed E-state index contributed by atoms with van der Waals surface area (Å²) in [4.78, 5) is 13.5. The highest BCUT2D eigenvalue weighted by molar-refractivity contribution is 6.30. The fraction of sp³-hybridized carbons (Fsp3) is 0.0741. The van der Waals surface area contributed by atoms with E-state index in [4.69, 9.17) is 21.1 Å². The monoisotopic (exact) mass is 428 g/mol. The van der Waals surface area contributed by atoms with Crippen LogP contribution in [-0.2, 0) is 0 Å². The number of carbonyl (C=O) groups excluding carboxylic acids is 1. The van der Waals surface area contributed by atoms with Crippen LogP contribution in [0.2, 0.25) is 5.02 Å². The second kappa shape index (κ2) is 9.07. The molecule has 4 heteroatoms. The van der Waals surface area contributed by atoms with Crippen molar-refractivity contribution in [2.75, 3.05) is 14.2 Å². The molecular weight excluding hydrogens is 408 g/mol. The molecule has 0 spiro atoms. The van der Waals surface area contributed by atoms with E-state index in [0.717, 1.165) is 28.0 Å². The third-order valence-corrected chi connectivity index (χ3v) is 5.45. The first-order chi connectivity index (χ1) is 15.1. The zero-order valence-electron chi connectivity index (χ0n) is 17.3. The molecule has 4 aromatic carbocycles. The van der Waals surface area contributed by atoms with Crippen LogP contribution in [0, 0.1) is 0 Å². The van der Waals surface area contributed by atoms with Crippen LogP contribution >= 0.6 is 11.6 Å². The smallest absolute Gasteiger partial charge is 0.193 e. The Labute approximate surface area is 186 Å². The number of halogens is 1. The average Bonchev–Trinajstić information content (AvgIpc) is 2.84. The highest BCUT2D eigenvalue weighted by atomic mass is 35.5. The fourth-order valence-corrected chi connectivity index (χ4v) is 3.60. The van der Waals surface area contributed by atoms with Gasteiger partial charge < -0.3 is 9.47 Å². The number of ketones is 1. The van der Waals surface area contributed by atoms with Gasteiger partial charge in [-0.3, -0.25) is 4.79 Å². The van der Waals surface area contributed by atoms with Gasteiger partial charge in [0.2, 0.25) is 0 Å². The van der Waals surface area contributed by atoms with Crippen molar-refractivity contribution in [3.63, 3.8) is 0 Å². The van der Waals surface area contributed by atoms with E-state index in [2.05, 4.69) is 0 Å². The summed E-state index contributed by atoms with van der Waals surface area (Å²) in [5, 5.41) is 0.674. The lowest BCUT2D eigenvalue weighted by atomic mass is 9.90. The minimum Gasteiger partial charge on any atom is -0.497 e. The first-order valence-electron chi connectivity index (χ1n) is 9.82. The molecule has 0 aliphatic rings. The van der Waals surface area contributed by atoms with Crippen molar-refractivity contribution in [2.45, 2.75) is 0 Å². The molecule has 0 fully saturated rings. The Morgan fingerprint density at radius 2 is 1.16 bits per heavy atom. The van der Waals surface area contributed by atoms with Crippen molar-refractivity contribution in [1.82, 2.24) is 0 Å². The van der Waals surface area contributed by atoms with Crippen LogP contribution in [0.15, 0.2) is 91.0 Å².